The van der Waals surface area contributed by atoms with Crippen LogP contribution in [0.25, 0.3) is 11.1 Å². The highest BCUT2D eigenvalue weighted by Crippen LogP contribution is 2.51. The lowest BCUT2D eigenvalue weighted by Gasteiger charge is -2.26. The Morgan fingerprint density at radius 3 is 1.91 bits per heavy atom. The molecule has 1 aliphatic rings. The van der Waals surface area contributed by atoms with Crippen molar-refractivity contribution in [2.24, 2.45) is 0 Å². The van der Waals surface area contributed by atoms with Crippen molar-refractivity contribution in [3.8, 4) is 22.9 Å². The van der Waals surface area contributed by atoms with Crippen LogP contribution in [0.5, 0.6) is 11.8 Å². The van der Waals surface area contributed by atoms with Crippen molar-refractivity contribution in [2.45, 2.75) is 12.0 Å². The number of nitrogens with zero attached hydrogens (tertiary/aromatic N) is 1. The molecule has 5 rings (SSSR count). The molecule has 160 valence electrons. The number of hydrogen-bond donors (Lipinski definition) is 2. The Morgan fingerprint density at radius 1 is 0.812 bits per heavy atom. The van der Waals surface area contributed by atoms with E-state index in [1.807, 2.05) is 60.7 Å². The van der Waals surface area contributed by atoms with Gasteiger partial charge < -0.3 is 14.9 Å². The standard InChI is InChI=1S/C25H18BrNO5/c26-16-11-9-15(10-12-16)24(31-25(30)32-27-21(28)13-14-22(27)29)23-19-7-3-1-5-17(19)18-6-2-4-8-20(18)23/h1-14,23-24,28-29H. The number of ether oxygens (including phenoxy) is 1. The third kappa shape index (κ3) is 3.50. The maximum absolute atomic E-state index is 12.7. The lowest BCUT2D eigenvalue weighted by atomic mass is 9.87. The maximum Gasteiger partial charge on any atom is 0.534 e. The number of aromatic hydroxyl groups is 2. The van der Waals surface area contributed by atoms with E-state index in [9.17, 15) is 15.0 Å². The van der Waals surface area contributed by atoms with Crippen LogP contribution < -0.4 is 4.84 Å². The first-order valence-corrected chi connectivity index (χ1v) is 10.7. The molecule has 0 saturated heterocycles. The van der Waals surface area contributed by atoms with E-state index >= 15 is 0 Å². The van der Waals surface area contributed by atoms with Crippen LogP contribution in [0.1, 0.15) is 28.7 Å². The Balaban J connectivity index is 1.57. The van der Waals surface area contributed by atoms with Gasteiger partial charge in [-0.05, 0) is 39.9 Å². The van der Waals surface area contributed by atoms with Gasteiger partial charge >= 0.3 is 6.16 Å². The predicted molar refractivity (Wildman–Crippen MR) is 121 cm³/mol. The lowest BCUT2D eigenvalue weighted by Crippen LogP contribution is -2.25. The zero-order valence-corrected chi connectivity index (χ0v) is 18.3. The van der Waals surface area contributed by atoms with Crippen LogP contribution in [0.2, 0.25) is 0 Å². The third-order valence-corrected chi connectivity index (χ3v) is 6.10. The molecule has 0 spiro atoms. The molecule has 1 aliphatic carbocycles. The molecule has 32 heavy (non-hydrogen) atoms. The van der Waals surface area contributed by atoms with Gasteiger partial charge in [0.15, 0.2) is 0 Å². The highest BCUT2D eigenvalue weighted by Gasteiger charge is 2.38. The zero-order chi connectivity index (χ0) is 22.2. The van der Waals surface area contributed by atoms with Crippen LogP contribution in [-0.4, -0.2) is 21.1 Å². The van der Waals surface area contributed by atoms with Crippen molar-refractivity contribution < 1.29 is 24.6 Å². The Morgan fingerprint density at radius 2 is 1.34 bits per heavy atom. The van der Waals surface area contributed by atoms with E-state index in [-0.39, 0.29) is 5.92 Å². The van der Waals surface area contributed by atoms with Crippen molar-refractivity contribution in [3.05, 3.63) is 106 Å². The number of carbonyl (C=O) groups excluding carboxylic acids is 1. The molecule has 1 atom stereocenters. The van der Waals surface area contributed by atoms with Crippen LogP contribution in [0, 0.1) is 0 Å². The molecule has 3 aromatic carbocycles. The molecule has 0 aliphatic heterocycles. The van der Waals surface area contributed by atoms with Crippen LogP contribution in [0.4, 0.5) is 4.79 Å². The minimum atomic E-state index is -1.05. The fraction of sp³-hybridized carbons (Fsp3) is 0.0800. The van der Waals surface area contributed by atoms with E-state index in [4.69, 9.17) is 9.57 Å². The molecule has 7 heteroatoms. The van der Waals surface area contributed by atoms with Gasteiger partial charge in [0.2, 0.25) is 11.8 Å². The van der Waals surface area contributed by atoms with Gasteiger partial charge in [-0.15, -0.1) is 4.73 Å². The average molecular weight is 492 g/mol. The van der Waals surface area contributed by atoms with Crippen LogP contribution in [0.15, 0.2) is 89.4 Å². The Bertz CT molecular complexity index is 1230. The number of hydrogen-bond acceptors (Lipinski definition) is 5. The maximum atomic E-state index is 12.7. The minimum Gasteiger partial charge on any atom is -0.492 e. The smallest absolute Gasteiger partial charge is 0.492 e. The number of carbonyl (C=O) groups is 1. The third-order valence-electron chi connectivity index (χ3n) is 5.57. The van der Waals surface area contributed by atoms with Gasteiger partial charge in [0, 0.05) is 16.6 Å². The molecular formula is C25H18BrNO5. The Hall–Kier alpha value is -3.71. The summed E-state index contributed by atoms with van der Waals surface area (Å²) < 4.78 is 7.35. The topological polar surface area (TPSA) is 80.9 Å². The molecule has 1 aromatic heterocycles. The van der Waals surface area contributed by atoms with Gasteiger partial charge in [0.25, 0.3) is 0 Å². The molecule has 0 amide bonds. The first-order chi connectivity index (χ1) is 15.5. The van der Waals surface area contributed by atoms with E-state index in [1.54, 1.807) is 0 Å². The van der Waals surface area contributed by atoms with Crippen molar-refractivity contribution in [3.63, 3.8) is 0 Å². The summed E-state index contributed by atoms with van der Waals surface area (Å²) in [5.74, 6) is -1.10. The molecular weight excluding hydrogens is 474 g/mol. The second-order valence-corrected chi connectivity index (χ2v) is 8.34. The molecule has 6 nitrogen and oxygen atoms in total. The van der Waals surface area contributed by atoms with Crippen LogP contribution in [0.3, 0.4) is 0 Å². The molecule has 0 radical (unpaired) electrons. The number of aromatic nitrogens is 1. The Labute approximate surface area is 192 Å². The van der Waals surface area contributed by atoms with Gasteiger partial charge in [0.05, 0.1) is 5.92 Å². The minimum absolute atomic E-state index is 0.261. The number of rotatable bonds is 4. The molecule has 1 heterocycles. The van der Waals surface area contributed by atoms with E-state index in [0.717, 1.165) is 32.3 Å². The van der Waals surface area contributed by atoms with Gasteiger partial charge in [-0.3, -0.25) is 4.84 Å². The van der Waals surface area contributed by atoms with Gasteiger partial charge in [-0.2, -0.15) is 0 Å². The van der Waals surface area contributed by atoms with E-state index in [2.05, 4.69) is 28.1 Å². The summed E-state index contributed by atoms with van der Waals surface area (Å²) in [6.07, 6.45) is -1.76. The summed E-state index contributed by atoms with van der Waals surface area (Å²) >= 11 is 3.44. The molecule has 0 fully saturated rings. The summed E-state index contributed by atoms with van der Waals surface area (Å²) in [5, 5.41) is 19.6. The van der Waals surface area contributed by atoms with Gasteiger partial charge in [0.1, 0.15) is 6.10 Å². The average Bonchev–Trinajstić information content (AvgIpc) is 3.30. The lowest BCUT2D eigenvalue weighted by molar-refractivity contribution is 0.00424. The molecule has 0 saturated carbocycles. The largest absolute Gasteiger partial charge is 0.534 e. The number of benzene rings is 3. The van der Waals surface area contributed by atoms with Crippen molar-refractivity contribution >= 4 is 22.1 Å². The van der Waals surface area contributed by atoms with Crippen molar-refractivity contribution in [1.29, 1.82) is 0 Å². The molecule has 4 aromatic rings. The fourth-order valence-corrected chi connectivity index (χ4v) is 4.46. The van der Waals surface area contributed by atoms with E-state index in [0.29, 0.717) is 4.73 Å². The monoisotopic (exact) mass is 491 g/mol. The van der Waals surface area contributed by atoms with E-state index < -0.39 is 24.0 Å². The highest BCUT2D eigenvalue weighted by atomic mass is 79.9. The molecule has 1 unspecified atom stereocenters. The van der Waals surface area contributed by atoms with Crippen LogP contribution >= 0.6 is 15.9 Å². The molecule has 0 bridgehead atoms. The van der Waals surface area contributed by atoms with E-state index in [1.165, 1.54) is 12.1 Å². The summed E-state index contributed by atoms with van der Waals surface area (Å²) in [7, 11) is 0. The number of fused-ring (bicyclic) bond motifs is 3. The summed E-state index contributed by atoms with van der Waals surface area (Å²) in [5.41, 5.74) is 5.05. The summed E-state index contributed by atoms with van der Waals surface area (Å²) in [6.45, 7) is 0. The molecule has 2 N–H and O–H groups in total. The SMILES string of the molecule is O=C(OC(c1ccc(Br)cc1)C1c2ccccc2-c2ccccc21)On1c(O)ccc1O. The van der Waals surface area contributed by atoms with Crippen molar-refractivity contribution in [1.82, 2.24) is 4.73 Å². The van der Waals surface area contributed by atoms with Gasteiger partial charge in [-0.25, -0.2) is 4.79 Å². The van der Waals surface area contributed by atoms with Crippen LogP contribution in [-0.2, 0) is 4.74 Å². The Kier molecular flexibility index (Phi) is 5.11. The first kappa shape index (κ1) is 20.2. The fourth-order valence-electron chi connectivity index (χ4n) is 4.20. The predicted octanol–water partition coefficient (Wildman–Crippen LogP) is 5.78. The zero-order valence-electron chi connectivity index (χ0n) is 16.7. The summed E-state index contributed by atoms with van der Waals surface area (Å²) in [6, 6.07) is 26.0. The van der Waals surface area contributed by atoms with Crippen molar-refractivity contribution in [2.75, 3.05) is 0 Å². The summed E-state index contributed by atoms with van der Waals surface area (Å²) in [4.78, 5) is 17.8. The van der Waals surface area contributed by atoms with Gasteiger partial charge in [-0.1, -0.05) is 76.6 Å². The normalized spacial score (nSPS) is 13.3. The second kappa shape index (κ2) is 8.09. The number of halogens is 1. The quantitative estimate of drug-likeness (QED) is 0.353. The highest BCUT2D eigenvalue weighted by molar-refractivity contribution is 9.10. The first-order valence-electron chi connectivity index (χ1n) is 9.95. The second-order valence-electron chi connectivity index (χ2n) is 7.43.